The van der Waals surface area contributed by atoms with Crippen molar-refractivity contribution in [2.24, 2.45) is 0 Å². The average Bonchev–Trinajstić information content (AvgIpc) is 3.22. The van der Waals surface area contributed by atoms with Gasteiger partial charge in [0.1, 0.15) is 0 Å². The lowest BCUT2D eigenvalue weighted by atomic mass is 10.1. The Morgan fingerprint density at radius 1 is 1.33 bits per heavy atom. The second kappa shape index (κ2) is 6.66. The Labute approximate surface area is 139 Å². The average molecular weight is 341 g/mol. The van der Waals surface area contributed by atoms with Crippen molar-refractivity contribution in [1.82, 2.24) is 10.3 Å². The zero-order valence-corrected chi connectivity index (χ0v) is 14.3. The van der Waals surface area contributed by atoms with E-state index in [0.29, 0.717) is 10.9 Å². The van der Waals surface area contributed by atoms with Crippen molar-refractivity contribution in [2.75, 3.05) is 6.54 Å². The molecule has 1 aromatic heterocycles. The number of aromatic nitrogens is 1. The van der Waals surface area contributed by atoms with E-state index in [1.165, 1.54) is 23.4 Å². The molecule has 0 amide bonds. The van der Waals surface area contributed by atoms with Crippen LogP contribution in [-0.2, 0) is 13.0 Å². The summed E-state index contributed by atoms with van der Waals surface area (Å²) in [6, 6.07) is 5.68. The first-order valence-electron chi connectivity index (χ1n) is 7.30. The summed E-state index contributed by atoms with van der Waals surface area (Å²) >= 11 is 14.0. The van der Waals surface area contributed by atoms with Crippen LogP contribution in [0.1, 0.15) is 46.8 Å². The van der Waals surface area contributed by atoms with E-state index < -0.39 is 0 Å². The maximum atomic E-state index is 6.26. The number of hydrogen-bond acceptors (Lipinski definition) is 3. The molecule has 1 aliphatic carbocycles. The predicted octanol–water partition coefficient (Wildman–Crippen LogP) is 5.03. The van der Waals surface area contributed by atoms with E-state index in [1.807, 2.05) is 23.5 Å². The fraction of sp³-hybridized carbons (Fsp3) is 0.438. The number of nitrogens with one attached hydrogen (secondary N) is 1. The molecule has 112 valence electrons. The van der Waals surface area contributed by atoms with Crippen molar-refractivity contribution < 1.29 is 0 Å². The van der Waals surface area contributed by atoms with Gasteiger partial charge in [0.05, 0.1) is 10.7 Å². The number of halogens is 2. The molecule has 1 fully saturated rings. The monoisotopic (exact) mass is 340 g/mol. The first-order chi connectivity index (χ1) is 10.2. The van der Waals surface area contributed by atoms with Crippen LogP contribution in [-0.4, -0.2) is 11.5 Å². The third kappa shape index (κ3) is 3.78. The minimum atomic E-state index is 0.675. The van der Waals surface area contributed by atoms with Crippen molar-refractivity contribution in [2.45, 2.75) is 38.6 Å². The highest BCUT2D eigenvalue weighted by atomic mass is 35.5. The zero-order valence-electron chi connectivity index (χ0n) is 12.0. The second-order valence-corrected chi connectivity index (χ2v) is 7.39. The largest absolute Gasteiger partial charge is 0.312 e. The SMILES string of the molecule is CCNCc1sc(Cc2ccc(Cl)cc2Cl)nc1C1CC1. The van der Waals surface area contributed by atoms with E-state index in [9.17, 15) is 0 Å². The summed E-state index contributed by atoms with van der Waals surface area (Å²) in [5, 5.41) is 5.95. The highest BCUT2D eigenvalue weighted by Gasteiger charge is 2.29. The van der Waals surface area contributed by atoms with Crippen LogP contribution in [0.25, 0.3) is 0 Å². The third-order valence-corrected chi connectivity index (χ3v) is 5.29. The summed E-state index contributed by atoms with van der Waals surface area (Å²) in [6.45, 7) is 4.04. The van der Waals surface area contributed by atoms with E-state index in [-0.39, 0.29) is 0 Å². The van der Waals surface area contributed by atoms with E-state index in [1.54, 1.807) is 6.07 Å². The number of benzene rings is 1. The lowest BCUT2D eigenvalue weighted by molar-refractivity contribution is 0.726. The highest BCUT2D eigenvalue weighted by molar-refractivity contribution is 7.11. The number of hydrogen-bond donors (Lipinski definition) is 1. The van der Waals surface area contributed by atoms with Gasteiger partial charge in [-0.25, -0.2) is 4.98 Å². The van der Waals surface area contributed by atoms with Crippen molar-refractivity contribution in [3.8, 4) is 0 Å². The standard InChI is InChI=1S/C16H18Cl2N2S/c1-2-19-9-14-16(10-3-4-10)20-15(21-14)7-11-5-6-12(17)8-13(11)18/h5-6,8,10,19H,2-4,7,9H2,1H3. The zero-order chi connectivity index (χ0) is 14.8. The van der Waals surface area contributed by atoms with E-state index in [4.69, 9.17) is 28.2 Å². The Kier molecular flexibility index (Phi) is 4.85. The Morgan fingerprint density at radius 2 is 2.14 bits per heavy atom. The molecule has 1 aliphatic rings. The summed E-state index contributed by atoms with van der Waals surface area (Å²) in [4.78, 5) is 6.26. The smallest absolute Gasteiger partial charge is 0.0976 e. The summed E-state index contributed by atoms with van der Waals surface area (Å²) in [6.07, 6.45) is 3.35. The van der Waals surface area contributed by atoms with Crippen molar-refractivity contribution in [3.05, 3.63) is 49.4 Å². The van der Waals surface area contributed by atoms with Crippen LogP contribution < -0.4 is 5.32 Å². The van der Waals surface area contributed by atoms with Gasteiger partial charge in [-0.3, -0.25) is 0 Å². The maximum absolute atomic E-state index is 6.26. The van der Waals surface area contributed by atoms with Gasteiger partial charge in [-0.15, -0.1) is 11.3 Å². The first-order valence-corrected chi connectivity index (χ1v) is 8.87. The molecule has 3 rings (SSSR count). The molecule has 0 bridgehead atoms. The molecule has 5 heteroatoms. The third-order valence-electron chi connectivity index (χ3n) is 3.63. The lowest BCUT2D eigenvalue weighted by Crippen LogP contribution is -2.11. The molecular formula is C16H18Cl2N2S. The van der Waals surface area contributed by atoms with Gasteiger partial charge in [0, 0.05) is 33.8 Å². The fourth-order valence-electron chi connectivity index (χ4n) is 2.36. The van der Waals surface area contributed by atoms with Gasteiger partial charge in [-0.05, 0) is 37.1 Å². The van der Waals surface area contributed by atoms with Crippen LogP contribution in [0.4, 0.5) is 0 Å². The van der Waals surface area contributed by atoms with Crippen molar-refractivity contribution in [1.29, 1.82) is 0 Å². The quantitative estimate of drug-likeness (QED) is 0.797. The summed E-state index contributed by atoms with van der Waals surface area (Å²) in [5.41, 5.74) is 2.40. The minimum Gasteiger partial charge on any atom is -0.312 e. The van der Waals surface area contributed by atoms with Gasteiger partial charge in [0.2, 0.25) is 0 Å². The highest BCUT2D eigenvalue weighted by Crippen LogP contribution is 2.43. The van der Waals surface area contributed by atoms with E-state index in [2.05, 4.69) is 12.2 Å². The van der Waals surface area contributed by atoms with Crippen LogP contribution in [0.5, 0.6) is 0 Å². The lowest BCUT2D eigenvalue weighted by Gasteiger charge is -2.02. The molecule has 0 saturated heterocycles. The molecule has 2 aromatic rings. The molecule has 1 N–H and O–H groups in total. The van der Waals surface area contributed by atoms with Crippen molar-refractivity contribution in [3.63, 3.8) is 0 Å². The number of nitrogens with zero attached hydrogens (tertiary/aromatic N) is 1. The Balaban J connectivity index is 1.81. The Hall–Kier alpha value is -0.610. The van der Waals surface area contributed by atoms with Crippen LogP contribution >= 0.6 is 34.5 Å². The molecule has 21 heavy (non-hydrogen) atoms. The maximum Gasteiger partial charge on any atom is 0.0976 e. The van der Waals surface area contributed by atoms with Crippen LogP contribution in [0, 0.1) is 0 Å². The van der Waals surface area contributed by atoms with Gasteiger partial charge in [0.15, 0.2) is 0 Å². The Morgan fingerprint density at radius 3 is 2.81 bits per heavy atom. The van der Waals surface area contributed by atoms with Crippen LogP contribution in [0.2, 0.25) is 10.0 Å². The second-order valence-electron chi connectivity index (χ2n) is 5.38. The molecule has 1 heterocycles. The number of rotatable bonds is 6. The van der Waals surface area contributed by atoms with E-state index >= 15 is 0 Å². The molecule has 1 aromatic carbocycles. The topological polar surface area (TPSA) is 24.9 Å². The summed E-state index contributed by atoms with van der Waals surface area (Å²) < 4.78 is 0. The van der Waals surface area contributed by atoms with Crippen LogP contribution in [0.15, 0.2) is 18.2 Å². The van der Waals surface area contributed by atoms with Crippen molar-refractivity contribution >= 4 is 34.5 Å². The molecular weight excluding hydrogens is 323 g/mol. The van der Waals surface area contributed by atoms with Gasteiger partial charge < -0.3 is 5.32 Å². The van der Waals surface area contributed by atoms with Gasteiger partial charge >= 0.3 is 0 Å². The first kappa shape index (κ1) is 15.3. The van der Waals surface area contributed by atoms with Gasteiger partial charge in [-0.1, -0.05) is 36.2 Å². The molecule has 0 atom stereocenters. The minimum absolute atomic E-state index is 0.675. The molecule has 1 saturated carbocycles. The van der Waals surface area contributed by atoms with Gasteiger partial charge in [0.25, 0.3) is 0 Å². The van der Waals surface area contributed by atoms with Crippen LogP contribution in [0.3, 0.4) is 0 Å². The summed E-state index contributed by atoms with van der Waals surface area (Å²) in [7, 11) is 0. The Bertz CT molecular complexity index is 635. The molecule has 2 nitrogen and oxygen atoms in total. The molecule has 0 spiro atoms. The predicted molar refractivity (Wildman–Crippen MR) is 90.7 cm³/mol. The summed E-state index contributed by atoms with van der Waals surface area (Å²) in [5.74, 6) is 0.685. The number of thiazole rings is 1. The van der Waals surface area contributed by atoms with E-state index in [0.717, 1.165) is 35.1 Å². The molecule has 0 radical (unpaired) electrons. The molecule has 0 unspecified atom stereocenters. The van der Waals surface area contributed by atoms with Gasteiger partial charge in [-0.2, -0.15) is 0 Å². The fourth-order valence-corrected chi connectivity index (χ4v) is 3.98. The normalized spacial score (nSPS) is 14.6. The molecule has 0 aliphatic heterocycles.